The average Bonchev–Trinajstić information content (AvgIpc) is 2.68. The molecule has 0 aromatic heterocycles. The van der Waals surface area contributed by atoms with E-state index < -0.39 is 0 Å². The van der Waals surface area contributed by atoms with Crippen LogP contribution < -0.4 is 5.32 Å². The molecule has 0 aromatic carbocycles. The highest BCUT2D eigenvalue weighted by Crippen LogP contribution is 2.46. The summed E-state index contributed by atoms with van der Waals surface area (Å²) in [6.07, 6.45) is 5.46. The zero-order valence-corrected chi connectivity index (χ0v) is 8.19. The second kappa shape index (κ2) is 2.51. The Morgan fingerprint density at radius 1 is 1.42 bits per heavy atom. The first-order chi connectivity index (χ1) is 5.63. The summed E-state index contributed by atoms with van der Waals surface area (Å²) in [5, 5.41) is 3.60. The molecule has 0 unspecified atom stereocenters. The lowest BCUT2D eigenvalue weighted by molar-refractivity contribution is 0.295. The Hall–Kier alpha value is -0.460. The van der Waals surface area contributed by atoms with E-state index in [9.17, 15) is 0 Å². The maximum Gasteiger partial charge on any atom is 0.0372 e. The number of hydrogen-bond donors (Lipinski definition) is 1. The third-order valence-corrected chi connectivity index (χ3v) is 3.47. The van der Waals surface area contributed by atoms with E-state index >= 15 is 0 Å². The molecule has 1 nitrogen and oxygen atoms in total. The first-order valence-corrected chi connectivity index (χ1v) is 5.10. The number of piperidine rings is 1. The molecule has 0 amide bonds. The van der Waals surface area contributed by atoms with E-state index in [0.29, 0.717) is 5.54 Å². The number of rotatable bonds is 1. The Balaban J connectivity index is 2.00. The van der Waals surface area contributed by atoms with Crippen LogP contribution in [0.15, 0.2) is 12.3 Å². The van der Waals surface area contributed by atoms with Crippen molar-refractivity contribution in [3.05, 3.63) is 12.3 Å². The molecular weight excluding hydrogens is 146 g/mol. The summed E-state index contributed by atoms with van der Waals surface area (Å²) in [7, 11) is 0. The highest BCUT2D eigenvalue weighted by molar-refractivity contribution is 5.16. The predicted molar refractivity (Wildman–Crippen MR) is 51.8 cm³/mol. The van der Waals surface area contributed by atoms with Crippen molar-refractivity contribution in [2.75, 3.05) is 0 Å². The highest BCUT2D eigenvalue weighted by atomic mass is 15.0. The first kappa shape index (κ1) is 8.15. The minimum absolute atomic E-state index is 0.516. The quantitative estimate of drug-likeness (QED) is 0.630. The molecular formula is C11H19N. The fourth-order valence-corrected chi connectivity index (χ4v) is 2.36. The van der Waals surface area contributed by atoms with Crippen LogP contribution in [-0.4, -0.2) is 5.54 Å². The van der Waals surface area contributed by atoms with Crippen molar-refractivity contribution in [3.63, 3.8) is 0 Å². The molecule has 1 heteroatoms. The van der Waals surface area contributed by atoms with Crippen molar-refractivity contribution < 1.29 is 0 Å². The SMILES string of the molecule is C=C1NC2(CC[C@H]1C(C)C)CC2. The molecule has 1 spiro atoms. The van der Waals surface area contributed by atoms with Crippen LogP contribution in [0.2, 0.25) is 0 Å². The summed E-state index contributed by atoms with van der Waals surface area (Å²) in [6.45, 7) is 8.73. The summed E-state index contributed by atoms with van der Waals surface area (Å²) >= 11 is 0. The molecule has 2 aliphatic rings. The van der Waals surface area contributed by atoms with Crippen LogP contribution in [0.5, 0.6) is 0 Å². The molecule has 1 heterocycles. The number of nitrogens with one attached hydrogen (secondary N) is 1. The van der Waals surface area contributed by atoms with E-state index in [0.717, 1.165) is 11.8 Å². The molecule has 2 rings (SSSR count). The average molecular weight is 165 g/mol. The maximum atomic E-state index is 4.14. The second-order valence-electron chi connectivity index (χ2n) is 4.82. The Labute approximate surface area is 75.2 Å². The molecule has 0 aromatic rings. The van der Waals surface area contributed by atoms with Gasteiger partial charge in [-0.05, 0) is 31.6 Å². The molecule has 1 atom stereocenters. The Morgan fingerprint density at radius 3 is 2.50 bits per heavy atom. The minimum atomic E-state index is 0.516. The van der Waals surface area contributed by atoms with Crippen LogP contribution in [0.25, 0.3) is 0 Å². The van der Waals surface area contributed by atoms with Gasteiger partial charge in [0.25, 0.3) is 0 Å². The zero-order chi connectivity index (χ0) is 8.77. The molecule has 2 fully saturated rings. The fourth-order valence-electron chi connectivity index (χ4n) is 2.36. The molecule has 0 radical (unpaired) electrons. The highest BCUT2D eigenvalue weighted by Gasteiger charge is 2.46. The third-order valence-electron chi connectivity index (χ3n) is 3.47. The second-order valence-corrected chi connectivity index (χ2v) is 4.82. The minimum Gasteiger partial charge on any atom is -0.383 e. The van der Waals surface area contributed by atoms with E-state index in [1.807, 2.05) is 0 Å². The van der Waals surface area contributed by atoms with Gasteiger partial charge in [-0.15, -0.1) is 0 Å². The van der Waals surface area contributed by atoms with Gasteiger partial charge in [0.1, 0.15) is 0 Å². The third kappa shape index (κ3) is 1.26. The lowest BCUT2D eigenvalue weighted by Crippen LogP contribution is -2.39. The Bertz CT molecular complexity index is 201. The van der Waals surface area contributed by atoms with Crippen LogP contribution in [-0.2, 0) is 0 Å². The monoisotopic (exact) mass is 165 g/mol. The van der Waals surface area contributed by atoms with E-state index in [2.05, 4.69) is 25.7 Å². The fraction of sp³-hybridized carbons (Fsp3) is 0.818. The van der Waals surface area contributed by atoms with Gasteiger partial charge in [-0.25, -0.2) is 0 Å². The van der Waals surface area contributed by atoms with Gasteiger partial charge in [0.15, 0.2) is 0 Å². The Morgan fingerprint density at radius 2 is 2.08 bits per heavy atom. The molecule has 68 valence electrons. The van der Waals surface area contributed by atoms with E-state index in [1.165, 1.54) is 31.4 Å². The first-order valence-electron chi connectivity index (χ1n) is 5.10. The van der Waals surface area contributed by atoms with Crippen molar-refractivity contribution in [2.24, 2.45) is 11.8 Å². The molecule has 12 heavy (non-hydrogen) atoms. The lowest BCUT2D eigenvalue weighted by Gasteiger charge is -2.35. The summed E-state index contributed by atoms with van der Waals surface area (Å²) in [4.78, 5) is 0. The number of hydrogen-bond acceptors (Lipinski definition) is 1. The van der Waals surface area contributed by atoms with Gasteiger partial charge in [0.2, 0.25) is 0 Å². The summed E-state index contributed by atoms with van der Waals surface area (Å²) in [5.74, 6) is 1.47. The summed E-state index contributed by atoms with van der Waals surface area (Å²) in [6, 6.07) is 0. The molecule has 1 aliphatic heterocycles. The van der Waals surface area contributed by atoms with Crippen molar-refractivity contribution in [2.45, 2.75) is 45.1 Å². The van der Waals surface area contributed by atoms with Crippen molar-refractivity contribution >= 4 is 0 Å². The van der Waals surface area contributed by atoms with Crippen LogP contribution in [0.1, 0.15) is 39.5 Å². The van der Waals surface area contributed by atoms with Gasteiger partial charge in [0.05, 0.1) is 0 Å². The van der Waals surface area contributed by atoms with Gasteiger partial charge in [-0.3, -0.25) is 0 Å². The summed E-state index contributed by atoms with van der Waals surface area (Å²) < 4.78 is 0. The maximum absolute atomic E-state index is 4.14. The van der Waals surface area contributed by atoms with Crippen molar-refractivity contribution in [1.82, 2.24) is 5.32 Å². The van der Waals surface area contributed by atoms with Crippen molar-refractivity contribution in [1.29, 1.82) is 0 Å². The van der Waals surface area contributed by atoms with Gasteiger partial charge in [-0.2, -0.15) is 0 Å². The smallest absolute Gasteiger partial charge is 0.0372 e. The van der Waals surface area contributed by atoms with E-state index in [1.54, 1.807) is 0 Å². The molecule has 1 N–H and O–H groups in total. The predicted octanol–water partition coefficient (Wildman–Crippen LogP) is 2.69. The summed E-state index contributed by atoms with van der Waals surface area (Å²) in [5.41, 5.74) is 1.82. The van der Waals surface area contributed by atoms with Gasteiger partial charge >= 0.3 is 0 Å². The van der Waals surface area contributed by atoms with Gasteiger partial charge < -0.3 is 5.32 Å². The standard InChI is InChI=1S/C11H19N/c1-8(2)10-4-5-11(6-7-11)12-9(10)3/h8,10,12H,3-7H2,1-2H3/t10-/m0/s1. The molecule has 0 bridgehead atoms. The largest absolute Gasteiger partial charge is 0.383 e. The molecule has 1 saturated heterocycles. The van der Waals surface area contributed by atoms with Crippen LogP contribution in [0.3, 0.4) is 0 Å². The van der Waals surface area contributed by atoms with Crippen molar-refractivity contribution in [3.8, 4) is 0 Å². The van der Waals surface area contributed by atoms with Gasteiger partial charge in [-0.1, -0.05) is 20.4 Å². The Kier molecular flexibility index (Phi) is 1.71. The van der Waals surface area contributed by atoms with E-state index in [-0.39, 0.29) is 0 Å². The lowest BCUT2D eigenvalue weighted by atomic mass is 9.83. The topological polar surface area (TPSA) is 12.0 Å². The van der Waals surface area contributed by atoms with Crippen LogP contribution in [0.4, 0.5) is 0 Å². The zero-order valence-electron chi connectivity index (χ0n) is 8.19. The van der Waals surface area contributed by atoms with Crippen LogP contribution in [0, 0.1) is 11.8 Å². The number of allylic oxidation sites excluding steroid dienone is 1. The molecule has 1 saturated carbocycles. The van der Waals surface area contributed by atoms with Gasteiger partial charge in [0, 0.05) is 17.2 Å². The van der Waals surface area contributed by atoms with E-state index in [4.69, 9.17) is 0 Å². The van der Waals surface area contributed by atoms with Crippen LogP contribution >= 0.6 is 0 Å². The molecule has 1 aliphatic carbocycles. The normalized spacial score (nSPS) is 32.2.